The molecule has 3 rings (SSSR count). The van der Waals surface area contributed by atoms with Gasteiger partial charge in [0.1, 0.15) is 0 Å². The van der Waals surface area contributed by atoms with Crippen LogP contribution in [-0.2, 0) is 0 Å². The van der Waals surface area contributed by atoms with E-state index in [1.54, 1.807) is 0 Å². The van der Waals surface area contributed by atoms with Gasteiger partial charge in [-0.25, -0.2) is 0 Å². The monoisotopic (exact) mass is 395 g/mol. The van der Waals surface area contributed by atoms with E-state index in [9.17, 15) is 0 Å². The summed E-state index contributed by atoms with van der Waals surface area (Å²) >= 11 is 5.51. The van der Waals surface area contributed by atoms with Crippen molar-refractivity contribution in [3.8, 4) is 0 Å². The Kier molecular flexibility index (Phi) is 6.95. The maximum absolute atomic E-state index is 5.51. The van der Waals surface area contributed by atoms with E-state index in [-0.39, 0.29) is 6.04 Å². The van der Waals surface area contributed by atoms with Gasteiger partial charge in [-0.2, -0.15) is 0 Å². The normalized spacial score (nSPS) is 16.1. The SMILES string of the molecule is CC1CCN(c2ccc(C(C)NC(=S)Nc3ccc(C(C)C)cc3)cc2)CC1. The highest BCUT2D eigenvalue weighted by atomic mass is 32.1. The van der Waals surface area contributed by atoms with Gasteiger partial charge in [-0.05, 0) is 79.2 Å². The maximum Gasteiger partial charge on any atom is 0.171 e. The van der Waals surface area contributed by atoms with Crippen LogP contribution < -0.4 is 15.5 Å². The Labute approximate surface area is 175 Å². The number of anilines is 2. The smallest absolute Gasteiger partial charge is 0.171 e. The summed E-state index contributed by atoms with van der Waals surface area (Å²) in [5, 5.41) is 7.33. The van der Waals surface area contributed by atoms with Crippen LogP contribution in [-0.4, -0.2) is 18.2 Å². The van der Waals surface area contributed by atoms with E-state index in [1.165, 1.54) is 29.7 Å². The Balaban J connectivity index is 1.53. The molecule has 0 spiro atoms. The standard InChI is InChI=1S/C24H33N3S/c1-17(2)20-5-9-22(10-6-20)26-24(28)25-19(4)21-7-11-23(12-8-21)27-15-13-18(3)14-16-27/h5-12,17-19H,13-16H2,1-4H3,(H2,25,26,28). The zero-order valence-corrected chi connectivity index (χ0v) is 18.4. The maximum atomic E-state index is 5.51. The van der Waals surface area contributed by atoms with Crippen LogP contribution in [0.1, 0.15) is 63.6 Å². The Morgan fingerprint density at radius 3 is 2.07 bits per heavy atom. The van der Waals surface area contributed by atoms with Gasteiger partial charge in [0.25, 0.3) is 0 Å². The van der Waals surface area contributed by atoms with Gasteiger partial charge in [-0.15, -0.1) is 0 Å². The van der Waals surface area contributed by atoms with E-state index in [2.05, 4.69) is 91.8 Å². The number of thiocarbonyl (C=S) groups is 1. The second kappa shape index (κ2) is 9.42. The fraction of sp³-hybridized carbons (Fsp3) is 0.458. The van der Waals surface area contributed by atoms with Gasteiger partial charge >= 0.3 is 0 Å². The van der Waals surface area contributed by atoms with E-state index in [0.29, 0.717) is 11.0 Å². The summed E-state index contributed by atoms with van der Waals surface area (Å²) in [6.45, 7) is 11.2. The van der Waals surface area contributed by atoms with Gasteiger partial charge in [0.05, 0.1) is 6.04 Å². The fourth-order valence-electron chi connectivity index (χ4n) is 3.64. The van der Waals surface area contributed by atoms with Crippen molar-refractivity contribution in [2.75, 3.05) is 23.3 Å². The van der Waals surface area contributed by atoms with Gasteiger partial charge in [-0.1, -0.05) is 45.0 Å². The summed E-state index contributed by atoms with van der Waals surface area (Å²) in [7, 11) is 0. The molecule has 0 aliphatic carbocycles. The van der Waals surface area contributed by atoms with Crippen LogP contribution in [0.15, 0.2) is 48.5 Å². The molecule has 0 amide bonds. The molecular weight excluding hydrogens is 362 g/mol. The van der Waals surface area contributed by atoms with Crippen molar-refractivity contribution in [3.63, 3.8) is 0 Å². The number of hydrogen-bond acceptors (Lipinski definition) is 2. The molecule has 2 N–H and O–H groups in total. The summed E-state index contributed by atoms with van der Waals surface area (Å²) in [5.74, 6) is 1.39. The largest absolute Gasteiger partial charge is 0.372 e. The first kappa shape index (κ1) is 20.7. The summed E-state index contributed by atoms with van der Waals surface area (Å²) < 4.78 is 0. The molecule has 0 aromatic heterocycles. The first-order valence-electron chi connectivity index (χ1n) is 10.4. The number of hydrogen-bond donors (Lipinski definition) is 2. The van der Waals surface area contributed by atoms with Crippen LogP contribution in [0, 0.1) is 5.92 Å². The van der Waals surface area contributed by atoms with Crippen molar-refractivity contribution in [1.29, 1.82) is 0 Å². The molecule has 150 valence electrons. The number of benzene rings is 2. The predicted octanol–water partition coefficient (Wildman–Crippen LogP) is 6.09. The summed E-state index contributed by atoms with van der Waals surface area (Å²) in [4.78, 5) is 2.49. The van der Waals surface area contributed by atoms with Crippen LogP contribution in [0.3, 0.4) is 0 Å². The molecule has 0 bridgehead atoms. The minimum atomic E-state index is 0.158. The molecule has 2 aromatic carbocycles. The molecule has 1 aliphatic rings. The van der Waals surface area contributed by atoms with Gasteiger partial charge in [-0.3, -0.25) is 0 Å². The minimum absolute atomic E-state index is 0.158. The lowest BCUT2D eigenvalue weighted by atomic mass is 9.98. The second-order valence-corrected chi connectivity index (χ2v) is 8.77. The highest BCUT2D eigenvalue weighted by Gasteiger charge is 2.16. The third-order valence-electron chi connectivity index (χ3n) is 5.72. The van der Waals surface area contributed by atoms with Crippen LogP contribution >= 0.6 is 12.2 Å². The van der Waals surface area contributed by atoms with Crippen LogP contribution in [0.2, 0.25) is 0 Å². The summed E-state index contributed by atoms with van der Waals surface area (Å²) in [5.41, 5.74) is 4.92. The topological polar surface area (TPSA) is 27.3 Å². The van der Waals surface area contributed by atoms with E-state index in [0.717, 1.165) is 24.7 Å². The van der Waals surface area contributed by atoms with Crippen molar-refractivity contribution >= 4 is 28.7 Å². The van der Waals surface area contributed by atoms with Crippen molar-refractivity contribution in [1.82, 2.24) is 5.32 Å². The van der Waals surface area contributed by atoms with E-state index in [4.69, 9.17) is 12.2 Å². The number of rotatable bonds is 5. The Morgan fingerprint density at radius 2 is 1.50 bits per heavy atom. The van der Waals surface area contributed by atoms with Gasteiger partial charge < -0.3 is 15.5 Å². The fourth-order valence-corrected chi connectivity index (χ4v) is 3.93. The number of nitrogens with zero attached hydrogens (tertiary/aromatic N) is 1. The lowest BCUT2D eigenvalue weighted by Crippen LogP contribution is -2.33. The number of piperidine rings is 1. The summed E-state index contributed by atoms with van der Waals surface area (Å²) in [6.07, 6.45) is 2.58. The molecule has 1 heterocycles. The third kappa shape index (κ3) is 5.48. The van der Waals surface area contributed by atoms with Crippen molar-refractivity contribution in [2.24, 2.45) is 5.92 Å². The first-order valence-corrected chi connectivity index (χ1v) is 10.9. The molecule has 0 saturated carbocycles. The van der Waals surface area contributed by atoms with Crippen LogP contribution in [0.25, 0.3) is 0 Å². The number of nitrogens with one attached hydrogen (secondary N) is 2. The van der Waals surface area contributed by atoms with Crippen LogP contribution in [0.4, 0.5) is 11.4 Å². The summed E-state index contributed by atoms with van der Waals surface area (Å²) in [6, 6.07) is 17.5. The van der Waals surface area contributed by atoms with Crippen molar-refractivity contribution < 1.29 is 0 Å². The first-order chi connectivity index (χ1) is 13.4. The molecular formula is C24H33N3S. The molecule has 1 unspecified atom stereocenters. The second-order valence-electron chi connectivity index (χ2n) is 8.36. The van der Waals surface area contributed by atoms with Crippen molar-refractivity contribution in [2.45, 2.75) is 52.5 Å². The lowest BCUT2D eigenvalue weighted by Gasteiger charge is -2.32. The Hall–Kier alpha value is -2.07. The quantitative estimate of drug-likeness (QED) is 0.599. The predicted molar refractivity (Wildman–Crippen MR) is 125 cm³/mol. The van der Waals surface area contributed by atoms with Crippen molar-refractivity contribution in [3.05, 3.63) is 59.7 Å². The molecule has 28 heavy (non-hydrogen) atoms. The van der Waals surface area contributed by atoms with Gasteiger partial charge in [0.2, 0.25) is 0 Å². The molecule has 1 saturated heterocycles. The van der Waals surface area contributed by atoms with Gasteiger partial charge in [0, 0.05) is 24.5 Å². The molecule has 1 aliphatic heterocycles. The molecule has 1 fully saturated rings. The average Bonchev–Trinajstić information content (AvgIpc) is 2.69. The third-order valence-corrected chi connectivity index (χ3v) is 5.94. The lowest BCUT2D eigenvalue weighted by molar-refractivity contribution is 0.438. The molecule has 2 aromatic rings. The zero-order chi connectivity index (χ0) is 20.1. The highest BCUT2D eigenvalue weighted by Crippen LogP contribution is 2.24. The molecule has 0 radical (unpaired) electrons. The molecule has 3 nitrogen and oxygen atoms in total. The Morgan fingerprint density at radius 1 is 0.929 bits per heavy atom. The molecule has 1 atom stereocenters. The average molecular weight is 396 g/mol. The van der Waals surface area contributed by atoms with Gasteiger partial charge in [0.15, 0.2) is 5.11 Å². The highest BCUT2D eigenvalue weighted by molar-refractivity contribution is 7.80. The van der Waals surface area contributed by atoms with E-state index >= 15 is 0 Å². The zero-order valence-electron chi connectivity index (χ0n) is 17.5. The van der Waals surface area contributed by atoms with E-state index < -0.39 is 0 Å². The van der Waals surface area contributed by atoms with Crippen LogP contribution in [0.5, 0.6) is 0 Å². The van der Waals surface area contributed by atoms with E-state index in [1.807, 2.05) is 0 Å². The molecule has 4 heteroatoms. The minimum Gasteiger partial charge on any atom is -0.372 e. The Bertz CT molecular complexity index is 759.